The maximum atomic E-state index is 12.8. The van der Waals surface area contributed by atoms with E-state index in [4.69, 9.17) is 9.84 Å². The molecule has 0 heterocycles. The van der Waals surface area contributed by atoms with E-state index in [1.807, 2.05) is 38.1 Å². The molecule has 38 heavy (non-hydrogen) atoms. The molecule has 3 atom stereocenters. The maximum absolute atomic E-state index is 12.8. The monoisotopic (exact) mass is 517 g/mol. The van der Waals surface area contributed by atoms with E-state index in [0.717, 1.165) is 27.8 Å². The molecule has 0 spiro atoms. The van der Waals surface area contributed by atoms with E-state index in [1.165, 1.54) is 0 Å². The fraction of sp³-hybridized carbons (Fsp3) is 0.333. The average Bonchev–Trinajstić information content (AvgIpc) is 3.24. The molecule has 0 fully saturated rings. The van der Waals surface area contributed by atoms with Crippen LogP contribution in [0.25, 0.3) is 11.1 Å². The molecule has 1 aliphatic rings. The van der Waals surface area contributed by atoms with E-state index in [1.54, 1.807) is 31.2 Å². The Kier molecular flexibility index (Phi) is 8.78. The predicted octanol–water partition coefficient (Wildman–Crippen LogP) is 3.98. The van der Waals surface area contributed by atoms with E-state index in [9.17, 15) is 14.7 Å². The first kappa shape index (κ1) is 27.3. The third-order valence-corrected chi connectivity index (χ3v) is 6.90. The summed E-state index contributed by atoms with van der Waals surface area (Å²) in [6.07, 6.45) is -1.82. The number of carbonyl (C=O) groups excluding carboxylic acids is 2. The third-order valence-electron chi connectivity index (χ3n) is 6.90. The zero-order valence-corrected chi connectivity index (χ0v) is 21.8. The minimum absolute atomic E-state index is 0.0659. The van der Waals surface area contributed by atoms with Gasteiger partial charge in [-0.15, -0.1) is 0 Å². The Morgan fingerprint density at radius 2 is 1.47 bits per heavy atom. The van der Waals surface area contributed by atoms with Crippen molar-refractivity contribution in [1.29, 1.82) is 0 Å². The van der Waals surface area contributed by atoms with Gasteiger partial charge in [0.05, 0.1) is 18.7 Å². The molecule has 8 nitrogen and oxygen atoms in total. The zero-order valence-electron chi connectivity index (χ0n) is 21.8. The summed E-state index contributed by atoms with van der Waals surface area (Å²) < 4.78 is 5.63. The number of aliphatic hydroxyl groups excluding tert-OH is 2. The number of rotatable bonds is 10. The molecule has 2 unspecified atom stereocenters. The van der Waals surface area contributed by atoms with E-state index in [2.05, 4.69) is 40.2 Å². The SMILES string of the molecule is CC(C)C(NC(=O)OCC1c2ccccc2-c2ccccc21)C(O)N[C@@H](C)C(=O)Nc1ccc(CO)cc1. The van der Waals surface area contributed by atoms with Gasteiger partial charge in [-0.3, -0.25) is 10.1 Å². The van der Waals surface area contributed by atoms with E-state index >= 15 is 0 Å². The Labute approximate surface area is 223 Å². The standard InChI is InChI=1S/C30H35N3O5/c1-18(2)27(29(36)31-19(3)28(35)32-21-14-12-20(16-34)13-15-21)33-30(37)38-17-26-24-10-6-4-8-22(24)23-9-5-7-11-25(23)26/h4-15,18-19,26-27,29,31,34,36H,16-17H2,1-3H3,(H,32,35)(H,33,37)/t19-,27?,29?/m0/s1. The van der Waals surface area contributed by atoms with Gasteiger partial charge in [0.2, 0.25) is 5.91 Å². The van der Waals surface area contributed by atoms with Crippen molar-refractivity contribution in [1.82, 2.24) is 10.6 Å². The fourth-order valence-electron chi connectivity index (χ4n) is 4.77. The summed E-state index contributed by atoms with van der Waals surface area (Å²) >= 11 is 0. The van der Waals surface area contributed by atoms with Crippen molar-refractivity contribution >= 4 is 17.7 Å². The Hall–Kier alpha value is -3.72. The van der Waals surface area contributed by atoms with Crippen LogP contribution in [0.2, 0.25) is 0 Å². The number of alkyl carbamates (subject to hydrolysis) is 1. The van der Waals surface area contributed by atoms with E-state index in [0.29, 0.717) is 5.69 Å². The molecule has 0 aromatic heterocycles. The van der Waals surface area contributed by atoms with Crippen molar-refractivity contribution in [3.63, 3.8) is 0 Å². The molecule has 0 aliphatic heterocycles. The Balaban J connectivity index is 1.33. The van der Waals surface area contributed by atoms with Gasteiger partial charge in [0.25, 0.3) is 0 Å². The molecular weight excluding hydrogens is 482 g/mol. The van der Waals surface area contributed by atoms with E-state index in [-0.39, 0.29) is 31.0 Å². The molecule has 0 saturated carbocycles. The van der Waals surface area contributed by atoms with Crippen molar-refractivity contribution in [2.24, 2.45) is 5.92 Å². The molecule has 0 radical (unpaired) electrons. The zero-order chi connectivity index (χ0) is 27.2. The number of hydrogen-bond acceptors (Lipinski definition) is 6. The van der Waals surface area contributed by atoms with Crippen molar-refractivity contribution in [3.05, 3.63) is 89.5 Å². The van der Waals surface area contributed by atoms with Crippen molar-refractivity contribution < 1.29 is 24.5 Å². The predicted molar refractivity (Wildman–Crippen MR) is 146 cm³/mol. The van der Waals surface area contributed by atoms with Gasteiger partial charge in [0.15, 0.2) is 0 Å². The first-order valence-corrected chi connectivity index (χ1v) is 12.8. The molecule has 0 bridgehead atoms. The highest BCUT2D eigenvalue weighted by molar-refractivity contribution is 5.94. The Morgan fingerprint density at radius 3 is 2.03 bits per heavy atom. The molecule has 2 amide bonds. The van der Waals surface area contributed by atoms with Crippen LogP contribution in [0.3, 0.4) is 0 Å². The molecule has 3 aromatic carbocycles. The molecule has 5 N–H and O–H groups in total. The number of ether oxygens (including phenoxy) is 1. The van der Waals surface area contributed by atoms with Crippen LogP contribution in [0, 0.1) is 5.92 Å². The van der Waals surface area contributed by atoms with E-state index < -0.39 is 24.4 Å². The summed E-state index contributed by atoms with van der Waals surface area (Å²) in [5.74, 6) is -0.549. The second kappa shape index (κ2) is 12.2. The molecule has 3 aromatic rings. The van der Waals surface area contributed by atoms with Gasteiger partial charge in [0, 0.05) is 11.6 Å². The number of amides is 2. The number of carbonyl (C=O) groups is 2. The number of fused-ring (bicyclic) bond motifs is 3. The quantitative estimate of drug-likeness (QED) is 0.260. The minimum atomic E-state index is -1.19. The number of aliphatic hydroxyl groups is 2. The summed E-state index contributed by atoms with van der Waals surface area (Å²) in [6.45, 7) is 5.46. The summed E-state index contributed by atoms with van der Waals surface area (Å²) in [6, 6.07) is 21.6. The number of benzene rings is 3. The van der Waals surface area contributed by atoms with Gasteiger partial charge in [0.1, 0.15) is 12.8 Å². The maximum Gasteiger partial charge on any atom is 0.407 e. The lowest BCUT2D eigenvalue weighted by atomic mass is 9.98. The Bertz CT molecular complexity index is 1220. The first-order chi connectivity index (χ1) is 18.3. The molecule has 200 valence electrons. The van der Waals surface area contributed by atoms with Gasteiger partial charge < -0.3 is 25.6 Å². The lowest BCUT2D eigenvalue weighted by Gasteiger charge is -2.29. The normalized spacial score (nSPS) is 14.8. The molecule has 1 aliphatic carbocycles. The summed E-state index contributed by atoms with van der Waals surface area (Å²) in [5.41, 5.74) is 5.85. The second-order valence-corrected chi connectivity index (χ2v) is 9.92. The van der Waals surface area contributed by atoms with Crippen LogP contribution >= 0.6 is 0 Å². The smallest absolute Gasteiger partial charge is 0.407 e. The van der Waals surface area contributed by atoms with Crippen LogP contribution in [0.5, 0.6) is 0 Å². The van der Waals surface area contributed by atoms with Crippen LogP contribution in [0.15, 0.2) is 72.8 Å². The van der Waals surface area contributed by atoms with Gasteiger partial charge in [-0.1, -0.05) is 74.5 Å². The van der Waals surface area contributed by atoms with Crippen molar-refractivity contribution in [2.75, 3.05) is 11.9 Å². The number of hydrogen-bond donors (Lipinski definition) is 5. The van der Waals surface area contributed by atoms with Gasteiger partial charge in [-0.25, -0.2) is 4.79 Å². The molecule has 0 saturated heterocycles. The second-order valence-electron chi connectivity index (χ2n) is 9.92. The van der Waals surface area contributed by atoms with Crippen LogP contribution in [0.4, 0.5) is 10.5 Å². The highest BCUT2D eigenvalue weighted by Gasteiger charge is 2.31. The lowest BCUT2D eigenvalue weighted by Crippen LogP contribution is -2.56. The number of anilines is 1. The molecule has 8 heteroatoms. The highest BCUT2D eigenvalue weighted by atomic mass is 16.5. The topological polar surface area (TPSA) is 120 Å². The largest absolute Gasteiger partial charge is 0.449 e. The van der Waals surface area contributed by atoms with Crippen molar-refractivity contribution in [2.45, 2.75) is 51.6 Å². The van der Waals surface area contributed by atoms with Gasteiger partial charge >= 0.3 is 6.09 Å². The Morgan fingerprint density at radius 1 is 0.895 bits per heavy atom. The third kappa shape index (κ3) is 6.22. The van der Waals surface area contributed by atoms with Gasteiger partial charge in [-0.05, 0) is 52.8 Å². The molecular formula is C30H35N3O5. The van der Waals surface area contributed by atoms with Gasteiger partial charge in [-0.2, -0.15) is 0 Å². The first-order valence-electron chi connectivity index (χ1n) is 12.8. The summed E-state index contributed by atoms with van der Waals surface area (Å²) in [5, 5.41) is 28.4. The molecule has 4 rings (SSSR count). The summed E-state index contributed by atoms with van der Waals surface area (Å²) in [7, 11) is 0. The average molecular weight is 518 g/mol. The number of nitrogens with one attached hydrogen (secondary N) is 3. The highest BCUT2D eigenvalue weighted by Crippen LogP contribution is 2.44. The van der Waals surface area contributed by atoms with Crippen LogP contribution in [-0.2, 0) is 16.1 Å². The van der Waals surface area contributed by atoms with Crippen LogP contribution < -0.4 is 16.0 Å². The van der Waals surface area contributed by atoms with Crippen molar-refractivity contribution in [3.8, 4) is 11.1 Å². The minimum Gasteiger partial charge on any atom is -0.449 e. The van der Waals surface area contributed by atoms with Crippen LogP contribution in [-0.4, -0.2) is 47.1 Å². The lowest BCUT2D eigenvalue weighted by molar-refractivity contribution is -0.118. The fourth-order valence-corrected chi connectivity index (χ4v) is 4.77. The van der Waals surface area contributed by atoms with Crippen LogP contribution in [0.1, 0.15) is 43.4 Å². The summed E-state index contributed by atoms with van der Waals surface area (Å²) in [4.78, 5) is 25.4.